The summed E-state index contributed by atoms with van der Waals surface area (Å²) < 4.78 is 22.8. The maximum absolute atomic E-state index is 11.3. The molecule has 9 heteroatoms. The summed E-state index contributed by atoms with van der Waals surface area (Å²) in [5.74, 6) is 0.487. The van der Waals surface area contributed by atoms with E-state index in [0.717, 1.165) is 16.6 Å². The van der Waals surface area contributed by atoms with Crippen LogP contribution in [0.3, 0.4) is 0 Å². The summed E-state index contributed by atoms with van der Waals surface area (Å²) in [4.78, 5) is 18.5. The first-order valence-electron chi connectivity index (χ1n) is 10.1. The van der Waals surface area contributed by atoms with E-state index in [0.29, 0.717) is 29.2 Å². The van der Waals surface area contributed by atoms with E-state index in [1.807, 2.05) is 64.1 Å². The highest BCUT2D eigenvalue weighted by Crippen LogP contribution is 2.36. The van der Waals surface area contributed by atoms with E-state index >= 15 is 0 Å². The Labute approximate surface area is 178 Å². The van der Waals surface area contributed by atoms with Crippen molar-refractivity contribution >= 4 is 23.7 Å². The second-order valence-corrected chi connectivity index (χ2v) is 8.75. The maximum Gasteiger partial charge on any atom is 0.494 e. The second kappa shape index (κ2) is 6.93. The van der Waals surface area contributed by atoms with Crippen LogP contribution in [0.15, 0.2) is 56.2 Å². The Morgan fingerprint density at radius 3 is 2.58 bits per heavy atom. The number of fused-ring (bicyclic) bond motifs is 1. The zero-order valence-electron chi connectivity index (χ0n) is 17.8. The minimum absolute atomic E-state index is 0.409. The summed E-state index contributed by atoms with van der Waals surface area (Å²) in [5, 5.41) is 4.13. The van der Waals surface area contributed by atoms with Gasteiger partial charge in [0.25, 0.3) is 0 Å². The average molecular weight is 419 g/mol. The number of H-pyrrole nitrogens is 1. The molecule has 1 N–H and O–H groups in total. The third-order valence-corrected chi connectivity index (χ3v) is 5.98. The molecule has 0 spiro atoms. The molecule has 0 aliphatic carbocycles. The summed E-state index contributed by atoms with van der Waals surface area (Å²) in [6.45, 7) is 8.11. The molecule has 5 rings (SSSR count). The molecule has 2 aromatic heterocycles. The lowest BCUT2D eigenvalue weighted by Crippen LogP contribution is -2.41. The second-order valence-electron chi connectivity index (χ2n) is 8.75. The molecule has 31 heavy (non-hydrogen) atoms. The summed E-state index contributed by atoms with van der Waals surface area (Å²) in [7, 11) is -0.458. The summed E-state index contributed by atoms with van der Waals surface area (Å²) in [6.07, 6.45) is 0.438. The monoisotopic (exact) mass is 419 g/mol. The van der Waals surface area contributed by atoms with Gasteiger partial charge in [0, 0.05) is 5.56 Å². The van der Waals surface area contributed by atoms with E-state index < -0.39 is 24.1 Å². The highest BCUT2D eigenvalue weighted by atomic mass is 16.7. The van der Waals surface area contributed by atoms with E-state index in [-0.39, 0.29) is 0 Å². The Kier molecular flexibility index (Phi) is 4.42. The van der Waals surface area contributed by atoms with E-state index in [1.165, 1.54) is 0 Å². The molecule has 4 aromatic rings. The van der Waals surface area contributed by atoms with Crippen molar-refractivity contribution in [2.45, 2.75) is 45.3 Å². The molecule has 1 saturated heterocycles. The number of nitrogens with one attached hydrogen (secondary N) is 1. The van der Waals surface area contributed by atoms with Gasteiger partial charge < -0.3 is 18.2 Å². The van der Waals surface area contributed by atoms with Crippen LogP contribution < -0.4 is 11.2 Å². The molecule has 2 aromatic carbocycles. The molecule has 3 heterocycles. The fraction of sp³-hybridized carbons (Fsp3) is 0.318. The summed E-state index contributed by atoms with van der Waals surface area (Å²) >= 11 is 0. The van der Waals surface area contributed by atoms with Gasteiger partial charge in [-0.1, -0.05) is 35.5 Å². The quantitative estimate of drug-likeness (QED) is 0.507. The third-order valence-electron chi connectivity index (χ3n) is 5.98. The van der Waals surface area contributed by atoms with Crippen molar-refractivity contribution in [1.82, 2.24) is 15.1 Å². The first-order chi connectivity index (χ1) is 14.7. The number of benzene rings is 2. The number of aromatic nitrogens is 3. The Bertz CT molecular complexity index is 1300. The van der Waals surface area contributed by atoms with Gasteiger partial charge in [-0.2, -0.15) is 4.98 Å². The van der Waals surface area contributed by atoms with Crippen molar-refractivity contribution in [1.29, 1.82) is 0 Å². The van der Waals surface area contributed by atoms with Gasteiger partial charge in [0.15, 0.2) is 5.58 Å². The van der Waals surface area contributed by atoms with Gasteiger partial charge in [-0.15, -0.1) is 0 Å². The van der Waals surface area contributed by atoms with Crippen molar-refractivity contribution in [3.8, 4) is 11.4 Å². The highest BCUT2D eigenvalue weighted by Gasteiger charge is 2.51. The SMILES string of the molecule is CC1(C)OB(c2cccc(-c3noc(Cc4ccc5oc(=O)[nH]c5c4)n3)c2)OC1(C)C. The van der Waals surface area contributed by atoms with Crippen LogP contribution in [0.1, 0.15) is 39.1 Å². The van der Waals surface area contributed by atoms with Crippen LogP contribution in [0, 0.1) is 0 Å². The van der Waals surface area contributed by atoms with Crippen LogP contribution in [0.5, 0.6) is 0 Å². The van der Waals surface area contributed by atoms with Crippen molar-refractivity contribution in [3.63, 3.8) is 0 Å². The molecule has 1 aliphatic heterocycles. The highest BCUT2D eigenvalue weighted by molar-refractivity contribution is 6.62. The van der Waals surface area contributed by atoms with Crippen LogP contribution in [0.25, 0.3) is 22.5 Å². The fourth-order valence-electron chi connectivity index (χ4n) is 3.53. The van der Waals surface area contributed by atoms with Gasteiger partial charge in [0.05, 0.1) is 23.1 Å². The first kappa shape index (κ1) is 19.8. The predicted octanol–water partition coefficient (Wildman–Crippen LogP) is 3.06. The molecular weight excluding hydrogens is 397 g/mol. The predicted molar refractivity (Wildman–Crippen MR) is 115 cm³/mol. The number of hydrogen-bond acceptors (Lipinski definition) is 7. The Balaban J connectivity index is 1.37. The van der Waals surface area contributed by atoms with Gasteiger partial charge in [-0.25, -0.2) is 4.79 Å². The summed E-state index contributed by atoms with van der Waals surface area (Å²) in [5.41, 5.74) is 2.97. The van der Waals surface area contributed by atoms with E-state index in [4.69, 9.17) is 18.2 Å². The number of hydrogen-bond donors (Lipinski definition) is 1. The summed E-state index contributed by atoms with van der Waals surface area (Å²) in [6, 6.07) is 13.2. The molecule has 0 amide bonds. The number of aromatic amines is 1. The Hall–Kier alpha value is -3.17. The van der Waals surface area contributed by atoms with Crippen LogP contribution in [-0.4, -0.2) is 33.4 Å². The van der Waals surface area contributed by atoms with Crippen LogP contribution >= 0.6 is 0 Å². The largest absolute Gasteiger partial charge is 0.494 e. The average Bonchev–Trinajstić information content (AvgIpc) is 3.37. The van der Waals surface area contributed by atoms with Crippen molar-refractivity contribution < 1.29 is 18.2 Å². The van der Waals surface area contributed by atoms with Gasteiger partial charge in [-0.05, 0) is 50.9 Å². The van der Waals surface area contributed by atoms with Crippen molar-refractivity contribution in [2.24, 2.45) is 0 Å². The van der Waals surface area contributed by atoms with Gasteiger partial charge in [-0.3, -0.25) is 4.98 Å². The zero-order chi connectivity index (χ0) is 21.8. The smallest absolute Gasteiger partial charge is 0.408 e. The molecule has 0 radical (unpaired) electrons. The first-order valence-corrected chi connectivity index (χ1v) is 10.1. The minimum atomic E-state index is -0.478. The van der Waals surface area contributed by atoms with Crippen LogP contribution in [-0.2, 0) is 15.7 Å². The Morgan fingerprint density at radius 1 is 1.03 bits per heavy atom. The van der Waals surface area contributed by atoms with E-state index in [2.05, 4.69) is 15.1 Å². The van der Waals surface area contributed by atoms with Gasteiger partial charge in [0.2, 0.25) is 11.7 Å². The lowest BCUT2D eigenvalue weighted by Gasteiger charge is -2.32. The van der Waals surface area contributed by atoms with Crippen LogP contribution in [0.2, 0.25) is 0 Å². The third kappa shape index (κ3) is 3.60. The number of rotatable bonds is 4. The molecule has 8 nitrogen and oxygen atoms in total. The van der Waals surface area contributed by atoms with E-state index in [9.17, 15) is 4.79 Å². The normalized spacial score (nSPS) is 17.5. The molecule has 0 saturated carbocycles. The van der Waals surface area contributed by atoms with Crippen molar-refractivity contribution in [2.75, 3.05) is 0 Å². The molecule has 1 fully saturated rings. The molecule has 0 bridgehead atoms. The van der Waals surface area contributed by atoms with Gasteiger partial charge >= 0.3 is 12.9 Å². The molecule has 158 valence electrons. The minimum Gasteiger partial charge on any atom is -0.408 e. The van der Waals surface area contributed by atoms with E-state index in [1.54, 1.807) is 6.07 Å². The number of nitrogens with zero attached hydrogens (tertiary/aromatic N) is 2. The van der Waals surface area contributed by atoms with Crippen molar-refractivity contribution in [3.05, 3.63) is 64.5 Å². The molecular formula is C22H22BN3O5. The molecule has 0 unspecified atom stereocenters. The maximum atomic E-state index is 11.3. The lowest BCUT2D eigenvalue weighted by molar-refractivity contribution is 0.00578. The zero-order valence-corrected chi connectivity index (χ0v) is 17.8. The molecule has 0 atom stereocenters. The fourth-order valence-corrected chi connectivity index (χ4v) is 3.53. The lowest BCUT2D eigenvalue weighted by atomic mass is 9.78. The number of oxazole rings is 1. The standard InChI is InChI=1S/C22H22BN3O5/c1-21(2)22(3,4)31-23(30-21)15-7-5-6-14(12-15)19-25-18(29-26-19)11-13-8-9-17-16(10-13)24-20(27)28-17/h5-10,12H,11H2,1-4H3,(H,24,27). The molecule has 1 aliphatic rings. The van der Waals surface area contributed by atoms with Crippen LogP contribution in [0.4, 0.5) is 0 Å². The topological polar surface area (TPSA) is 103 Å². The van der Waals surface area contributed by atoms with Gasteiger partial charge in [0.1, 0.15) is 0 Å². The Morgan fingerprint density at radius 2 is 1.81 bits per heavy atom.